The predicted octanol–water partition coefficient (Wildman–Crippen LogP) is 4.13. The van der Waals surface area contributed by atoms with Gasteiger partial charge in [-0.3, -0.25) is 0 Å². The summed E-state index contributed by atoms with van der Waals surface area (Å²) in [7, 11) is 2.14. The lowest BCUT2D eigenvalue weighted by atomic mass is 10.2. The predicted molar refractivity (Wildman–Crippen MR) is 100 cm³/mol. The van der Waals surface area contributed by atoms with E-state index in [1.807, 2.05) is 29.2 Å². The molecule has 4 nitrogen and oxygen atoms in total. The van der Waals surface area contributed by atoms with E-state index < -0.39 is 0 Å². The van der Waals surface area contributed by atoms with Gasteiger partial charge in [-0.2, -0.15) is 0 Å². The van der Waals surface area contributed by atoms with Gasteiger partial charge in [-0.05, 0) is 70.8 Å². The number of hydrogen-bond donors (Lipinski definition) is 1. The van der Waals surface area contributed by atoms with Crippen LogP contribution in [0.2, 0.25) is 5.02 Å². The summed E-state index contributed by atoms with van der Waals surface area (Å²) in [4.78, 5) is 16.8. The number of hydrogen-bond acceptors (Lipinski definition) is 2. The van der Waals surface area contributed by atoms with Gasteiger partial charge in [0.1, 0.15) is 0 Å². The summed E-state index contributed by atoms with van der Waals surface area (Å²) < 4.78 is 0. The van der Waals surface area contributed by atoms with Crippen LogP contribution >= 0.6 is 11.6 Å². The van der Waals surface area contributed by atoms with E-state index in [9.17, 15) is 4.79 Å². The molecule has 0 heterocycles. The van der Waals surface area contributed by atoms with Crippen LogP contribution in [0.1, 0.15) is 45.1 Å². The van der Waals surface area contributed by atoms with Crippen molar-refractivity contribution < 1.29 is 4.79 Å². The fourth-order valence-corrected chi connectivity index (χ4v) is 2.71. The first-order chi connectivity index (χ1) is 11.5. The fraction of sp³-hybridized carbons (Fsp3) is 0.632. The summed E-state index contributed by atoms with van der Waals surface area (Å²) in [6.45, 7) is 6.88. The van der Waals surface area contributed by atoms with Crippen molar-refractivity contribution in [3.8, 4) is 0 Å². The smallest absolute Gasteiger partial charge is 0.317 e. The molecule has 1 N–H and O–H groups in total. The van der Waals surface area contributed by atoms with E-state index in [2.05, 4.69) is 31.1 Å². The molecular weight excluding hydrogens is 322 g/mol. The molecule has 0 aliphatic heterocycles. The average molecular weight is 352 g/mol. The standard InChI is InChI=1S/C19H30ClN3O/c1-15(2)22(3)13-5-4-12-21-19(24)23(18-10-11-18)14-16-6-8-17(20)9-7-16/h6-9,15,18H,4-5,10-14H2,1-3H3,(H,21,24). The monoisotopic (exact) mass is 351 g/mol. The quantitative estimate of drug-likeness (QED) is 0.679. The molecular formula is C19H30ClN3O. The Morgan fingerprint density at radius 2 is 1.92 bits per heavy atom. The number of halogens is 1. The van der Waals surface area contributed by atoms with Crippen molar-refractivity contribution in [3.63, 3.8) is 0 Å². The van der Waals surface area contributed by atoms with Gasteiger partial charge in [-0.1, -0.05) is 23.7 Å². The molecule has 0 saturated heterocycles. The van der Waals surface area contributed by atoms with Gasteiger partial charge >= 0.3 is 6.03 Å². The summed E-state index contributed by atoms with van der Waals surface area (Å²) >= 11 is 5.93. The van der Waals surface area contributed by atoms with Crippen molar-refractivity contribution in [2.75, 3.05) is 20.1 Å². The Kier molecular flexibility index (Phi) is 7.38. The van der Waals surface area contributed by atoms with Crippen LogP contribution in [-0.4, -0.2) is 48.1 Å². The van der Waals surface area contributed by atoms with Crippen LogP contribution in [-0.2, 0) is 6.54 Å². The molecule has 5 heteroatoms. The Morgan fingerprint density at radius 1 is 1.25 bits per heavy atom. The number of rotatable bonds is 9. The van der Waals surface area contributed by atoms with E-state index in [0.717, 1.165) is 49.4 Å². The summed E-state index contributed by atoms with van der Waals surface area (Å²) in [5.74, 6) is 0. The van der Waals surface area contributed by atoms with Crippen LogP contribution < -0.4 is 5.32 Å². The molecule has 134 valence electrons. The van der Waals surface area contributed by atoms with Gasteiger partial charge in [0, 0.05) is 30.2 Å². The SMILES string of the molecule is CC(C)N(C)CCCCNC(=O)N(Cc1ccc(Cl)cc1)C1CC1. The van der Waals surface area contributed by atoms with E-state index >= 15 is 0 Å². The first-order valence-electron chi connectivity index (χ1n) is 8.96. The molecule has 2 rings (SSSR count). The van der Waals surface area contributed by atoms with Crippen molar-refractivity contribution in [2.45, 2.75) is 58.2 Å². The Hall–Kier alpha value is -1.26. The third-order valence-electron chi connectivity index (χ3n) is 4.61. The molecule has 2 amide bonds. The first-order valence-corrected chi connectivity index (χ1v) is 9.34. The van der Waals surface area contributed by atoms with Gasteiger partial charge in [0.15, 0.2) is 0 Å². The lowest BCUT2D eigenvalue weighted by Gasteiger charge is -2.23. The zero-order valence-electron chi connectivity index (χ0n) is 15.1. The highest BCUT2D eigenvalue weighted by Gasteiger charge is 2.32. The molecule has 1 fully saturated rings. The number of carbonyl (C=O) groups excluding carboxylic acids is 1. The van der Waals surface area contributed by atoms with E-state index in [0.29, 0.717) is 18.6 Å². The van der Waals surface area contributed by atoms with Gasteiger partial charge in [0.25, 0.3) is 0 Å². The van der Waals surface area contributed by atoms with Crippen LogP contribution in [0.15, 0.2) is 24.3 Å². The molecule has 1 aliphatic carbocycles. The molecule has 0 bridgehead atoms. The van der Waals surface area contributed by atoms with Gasteiger partial charge in [0.2, 0.25) is 0 Å². The summed E-state index contributed by atoms with van der Waals surface area (Å²) in [5.41, 5.74) is 1.13. The maximum absolute atomic E-state index is 12.5. The minimum absolute atomic E-state index is 0.0599. The van der Waals surface area contributed by atoms with Crippen molar-refractivity contribution in [1.82, 2.24) is 15.1 Å². The third-order valence-corrected chi connectivity index (χ3v) is 4.86. The molecule has 0 unspecified atom stereocenters. The van der Waals surface area contributed by atoms with E-state index in [1.54, 1.807) is 0 Å². The highest BCUT2D eigenvalue weighted by molar-refractivity contribution is 6.30. The first kappa shape index (κ1) is 19.1. The Morgan fingerprint density at radius 3 is 2.50 bits per heavy atom. The van der Waals surface area contributed by atoms with Crippen molar-refractivity contribution in [2.24, 2.45) is 0 Å². The summed E-state index contributed by atoms with van der Waals surface area (Å²) in [6.07, 6.45) is 4.35. The lowest BCUT2D eigenvalue weighted by molar-refractivity contribution is 0.191. The van der Waals surface area contributed by atoms with E-state index in [1.165, 1.54) is 0 Å². The number of nitrogens with zero attached hydrogens (tertiary/aromatic N) is 2. The van der Waals surface area contributed by atoms with E-state index in [4.69, 9.17) is 11.6 Å². The molecule has 0 radical (unpaired) electrons. The molecule has 0 atom stereocenters. The molecule has 1 saturated carbocycles. The van der Waals surface area contributed by atoms with Gasteiger partial charge in [-0.15, -0.1) is 0 Å². The van der Waals surface area contributed by atoms with Crippen LogP contribution in [0.4, 0.5) is 4.79 Å². The number of unbranched alkanes of at least 4 members (excludes halogenated alkanes) is 1. The molecule has 24 heavy (non-hydrogen) atoms. The Bertz CT molecular complexity index is 514. The highest BCUT2D eigenvalue weighted by atomic mass is 35.5. The van der Waals surface area contributed by atoms with Crippen LogP contribution in [0.3, 0.4) is 0 Å². The number of amides is 2. The number of benzene rings is 1. The van der Waals surface area contributed by atoms with E-state index in [-0.39, 0.29) is 6.03 Å². The zero-order chi connectivity index (χ0) is 17.5. The molecule has 0 aromatic heterocycles. The normalized spacial score (nSPS) is 14.2. The second-order valence-corrected chi connectivity index (χ2v) is 7.44. The summed E-state index contributed by atoms with van der Waals surface area (Å²) in [5, 5.41) is 3.81. The van der Waals surface area contributed by atoms with Crippen molar-refractivity contribution in [3.05, 3.63) is 34.9 Å². The second-order valence-electron chi connectivity index (χ2n) is 7.00. The third kappa shape index (κ3) is 6.33. The average Bonchev–Trinajstić information content (AvgIpc) is 3.38. The molecule has 1 aliphatic rings. The van der Waals surface area contributed by atoms with Gasteiger partial charge in [-0.25, -0.2) is 4.79 Å². The zero-order valence-corrected chi connectivity index (χ0v) is 15.9. The maximum Gasteiger partial charge on any atom is 0.317 e. The summed E-state index contributed by atoms with van der Waals surface area (Å²) in [6, 6.07) is 8.78. The van der Waals surface area contributed by atoms with Gasteiger partial charge < -0.3 is 15.1 Å². The Labute approximate surface area is 151 Å². The topological polar surface area (TPSA) is 35.6 Å². The fourth-order valence-electron chi connectivity index (χ4n) is 2.58. The molecule has 1 aromatic rings. The molecule has 0 spiro atoms. The number of urea groups is 1. The van der Waals surface area contributed by atoms with Crippen LogP contribution in [0, 0.1) is 0 Å². The van der Waals surface area contributed by atoms with Gasteiger partial charge in [0.05, 0.1) is 0 Å². The lowest BCUT2D eigenvalue weighted by Crippen LogP contribution is -2.41. The minimum atomic E-state index is 0.0599. The van der Waals surface area contributed by atoms with Crippen molar-refractivity contribution >= 4 is 17.6 Å². The highest BCUT2D eigenvalue weighted by Crippen LogP contribution is 2.28. The Balaban J connectivity index is 1.73. The maximum atomic E-state index is 12.5. The van der Waals surface area contributed by atoms with Crippen molar-refractivity contribution in [1.29, 1.82) is 0 Å². The van der Waals surface area contributed by atoms with Crippen LogP contribution in [0.5, 0.6) is 0 Å². The molecule has 1 aromatic carbocycles. The largest absolute Gasteiger partial charge is 0.338 e. The number of carbonyl (C=O) groups is 1. The van der Waals surface area contributed by atoms with Crippen LogP contribution in [0.25, 0.3) is 0 Å². The second kappa shape index (κ2) is 9.28. The minimum Gasteiger partial charge on any atom is -0.338 e. The number of nitrogens with one attached hydrogen (secondary N) is 1.